The second-order valence-corrected chi connectivity index (χ2v) is 11.6. The maximum Gasteiger partial charge on any atom is 0.309 e. The summed E-state index contributed by atoms with van der Waals surface area (Å²) < 4.78 is 11.5. The number of carbonyl (C=O) groups is 2. The van der Waals surface area contributed by atoms with Gasteiger partial charge in [-0.05, 0) is 50.5 Å². The van der Waals surface area contributed by atoms with Crippen LogP contribution in [0, 0.1) is 23.7 Å². The molecule has 0 spiro atoms. The lowest BCUT2D eigenvalue weighted by Crippen LogP contribution is -2.29. The molecule has 0 aromatic heterocycles. The normalized spacial score (nSPS) is 35.3. The van der Waals surface area contributed by atoms with Crippen molar-refractivity contribution in [1.82, 2.24) is 0 Å². The Balaban J connectivity index is 2.14. The van der Waals surface area contributed by atoms with Gasteiger partial charge in [0.25, 0.3) is 0 Å². The summed E-state index contributed by atoms with van der Waals surface area (Å²) >= 11 is 0. The van der Waals surface area contributed by atoms with Crippen LogP contribution in [0.3, 0.4) is 0 Å². The van der Waals surface area contributed by atoms with Crippen molar-refractivity contribution in [3.63, 3.8) is 0 Å². The van der Waals surface area contributed by atoms with Crippen LogP contribution in [0.5, 0.6) is 0 Å². The number of rotatable bonds is 10. The minimum atomic E-state index is -1.12. The van der Waals surface area contributed by atoms with Gasteiger partial charge in [0.15, 0.2) is 0 Å². The zero-order valence-electron chi connectivity index (χ0n) is 23.7. The van der Waals surface area contributed by atoms with Crippen molar-refractivity contribution in [3.05, 3.63) is 36.0 Å². The summed E-state index contributed by atoms with van der Waals surface area (Å²) in [7, 11) is 0. The minimum absolute atomic E-state index is 0.000668. The fraction of sp³-hybridized carbons (Fsp3) is 0.733. The van der Waals surface area contributed by atoms with Gasteiger partial charge in [0.2, 0.25) is 0 Å². The third-order valence-corrected chi connectivity index (χ3v) is 7.94. The van der Waals surface area contributed by atoms with Crippen LogP contribution in [0.15, 0.2) is 36.0 Å². The monoisotopic (exact) mass is 536 g/mol. The number of aliphatic hydroxyl groups is 3. The summed E-state index contributed by atoms with van der Waals surface area (Å²) in [4.78, 5) is 24.0. The second-order valence-electron chi connectivity index (χ2n) is 11.6. The fourth-order valence-corrected chi connectivity index (χ4v) is 5.20. The SMILES string of the molecule is CC[C@H](O)[C@@H](C)[C@H]1O[C@@H]1C[C@@](C)(O)/C=C/C=C(\C)[C@H]1OC(=O)C[C@H](O)CC[C@H](C)[C@@H](CC(=O)O)/C=C/[C@@H]1C. The van der Waals surface area contributed by atoms with Gasteiger partial charge in [0, 0.05) is 18.3 Å². The van der Waals surface area contributed by atoms with Crippen LogP contribution in [0.25, 0.3) is 0 Å². The Morgan fingerprint density at radius 3 is 2.58 bits per heavy atom. The van der Waals surface area contributed by atoms with E-state index < -0.39 is 35.9 Å². The Labute approximate surface area is 227 Å². The van der Waals surface area contributed by atoms with E-state index >= 15 is 0 Å². The van der Waals surface area contributed by atoms with Gasteiger partial charge < -0.3 is 29.9 Å². The van der Waals surface area contributed by atoms with Gasteiger partial charge >= 0.3 is 11.9 Å². The predicted octanol–water partition coefficient (Wildman–Crippen LogP) is 4.18. The van der Waals surface area contributed by atoms with E-state index in [2.05, 4.69) is 0 Å². The standard InChI is InChI=1S/C30H48O8/c1-7-24(32)21(5)29-25(37-29)17-30(6,36)14-8-9-19(3)28-20(4)10-12-22(15-26(33)34)18(2)11-13-23(31)16-27(35)38-28/h8-10,12,14,18,20-25,28-29,31-32,36H,7,11,13,15-17H2,1-6H3,(H,33,34)/b12-10+,14-8+,19-9+/t18-,20-,21+,22+,23+,24-,25+,28+,29+,30-/m0/s1. The Hall–Kier alpha value is -2.00. The summed E-state index contributed by atoms with van der Waals surface area (Å²) in [6.45, 7) is 11.3. The van der Waals surface area contributed by atoms with Crippen molar-refractivity contribution >= 4 is 11.9 Å². The summed E-state index contributed by atoms with van der Waals surface area (Å²) in [6, 6.07) is 0. The molecule has 0 aliphatic carbocycles. The van der Waals surface area contributed by atoms with Crippen molar-refractivity contribution in [2.75, 3.05) is 0 Å². The Bertz CT molecular complexity index is 875. The molecule has 10 atom stereocenters. The lowest BCUT2D eigenvalue weighted by molar-refractivity contribution is -0.151. The lowest BCUT2D eigenvalue weighted by Gasteiger charge is -2.27. The van der Waals surface area contributed by atoms with Crippen molar-refractivity contribution in [3.8, 4) is 0 Å². The molecule has 0 aromatic carbocycles. The van der Waals surface area contributed by atoms with Crippen LogP contribution in [0.4, 0.5) is 0 Å². The van der Waals surface area contributed by atoms with E-state index in [1.165, 1.54) is 0 Å². The third kappa shape index (κ3) is 10.3. The van der Waals surface area contributed by atoms with Crippen LogP contribution < -0.4 is 0 Å². The van der Waals surface area contributed by atoms with E-state index in [4.69, 9.17) is 9.47 Å². The van der Waals surface area contributed by atoms with Crippen LogP contribution in [-0.4, -0.2) is 68.5 Å². The molecule has 0 bridgehead atoms. The largest absolute Gasteiger partial charge is 0.481 e. The van der Waals surface area contributed by atoms with E-state index in [0.717, 1.165) is 5.57 Å². The summed E-state index contributed by atoms with van der Waals surface area (Å²) in [5.74, 6) is -1.72. The Kier molecular flexibility index (Phi) is 12.2. The molecule has 0 unspecified atom stereocenters. The number of epoxide rings is 1. The van der Waals surface area contributed by atoms with E-state index in [0.29, 0.717) is 25.7 Å². The predicted molar refractivity (Wildman–Crippen MR) is 145 cm³/mol. The number of carbonyl (C=O) groups excluding carboxylic acids is 1. The smallest absolute Gasteiger partial charge is 0.309 e. The molecule has 2 heterocycles. The number of carboxylic acid groups (broad SMARTS) is 1. The number of hydrogen-bond donors (Lipinski definition) is 4. The molecule has 216 valence electrons. The van der Waals surface area contributed by atoms with Crippen molar-refractivity contribution in [1.29, 1.82) is 0 Å². The molecule has 2 aliphatic heterocycles. The van der Waals surface area contributed by atoms with Crippen LogP contribution in [-0.2, 0) is 19.1 Å². The highest BCUT2D eigenvalue weighted by atomic mass is 16.6. The highest BCUT2D eigenvalue weighted by molar-refractivity contribution is 5.70. The third-order valence-electron chi connectivity index (χ3n) is 7.94. The minimum Gasteiger partial charge on any atom is -0.481 e. The van der Waals surface area contributed by atoms with Gasteiger partial charge in [-0.25, -0.2) is 0 Å². The molecule has 0 radical (unpaired) electrons. The number of allylic oxidation sites excluding steroid dienone is 3. The first-order valence-corrected chi connectivity index (χ1v) is 13.9. The number of aliphatic hydroxyl groups excluding tert-OH is 2. The van der Waals surface area contributed by atoms with Crippen molar-refractivity contribution in [2.24, 2.45) is 23.7 Å². The van der Waals surface area contributed by atoms with Crippen LogP contribution in [0.2, 0.25) is 0 Å². The maximum absolute atomic E-state index is 12.6. The second kappa shape index (κ2) is 14.4. The van der Waals surface area contributed by atoms with Gasteiger partial charge in [-0.3, -0.25) is 9.59 Å². The molecular formula is C30H48O8. The molecule has 0 amide bonds. The first kappa shape index (κ1) is 32.2. The average Bonchev–Trinajstić information content (AvgIpc) is 3.59. The molecule has 38 heavy (non-hydrogen) atoms. The lowest BCUT2D eigenvalue weighted by atomic mass is 9.84. The van der Waals surface area contributed by atoms with Crippen molar-refractivity contribution < 1.29 is 39.5 Å². The van der Waals surface area contributed by atoms with Gasteiger partial charge in [0.1, 0.15) is 6.10 Å². The number of ether oxygens (including phenoxy) is 2. The molecule has 1 fully saturated rings. The molecule has 0 aromatic rings. The molecular weight excluding hydrogens is 488 g/mol. The first-order valence-electron chi connectivity index (χ1n) is 13.9. The quantitative estimate of drug-likeness (QED) is 0.141. The zero-order valence-corrected chi connectivity index (χ0v) is 23.7. The number of carboxylic acids is 1. The molecule has 2 rings (SSSR count). The van der Waals surface area contributed by atoms with E-state index in [1.807, 2.05) is 46.8 Å². The zero-order chi connectivity index (χ0) is 28.6. The number of cyclic esters (lactones) is 1. The first-order chi connectivity index (χ1) is 17.7. The van der Waals surface area contributed by atoms with Gasteiger partial charge in [-0.2, -0.15) is 0 Å². The van der Waals surface area contributed by atoms with Crippen molar-refractivity contribution in [2.45, 2.75) is 116 Å². The highest BCUT2D eigenvalue weighted by Gasteiger charge is 2.47. The summed E-state index contributed by atoms with van der Waals surface area (Å²) in [5.41, 5.74) is -0.358. The van der Waals surface area contributed by atoms with Crippen LogP contribution in [0.1, 0.15) is 80.1 Å². The van der Waals surface area contributed by atoms with Gasteiger partial charge in [-0.15, -0.1) is 0 Å². The van der Waals surface area contributed by atoms with E-state index in [-0.39, 0.29) is 48.7 Å². The molecule has 1 saturated heterocycles. The number of esters is 1. The average molecular weight is 537 g/mol. The van der Waals surface area contributed by atoms with E-state index in [9.17, 15) is 30.0 Å². The topological polar surface area (TPSA) is 137 Å². The fourth-order valence-electron chi connectivity index (χ4n) is 5.20. The highest BCUT2D eigenvalue weighted by Crippen LogP contribution is 2.37. The van der Waals surface area contributed by atoms with Gasteiger partial charge in [-0.1, -0.05) is 58.1 Å². The maximum atomic E-state index is 12.6. The molecule has 8 heteroatoms. The summed E-state index contributed by atoms with van der Waals surface area (Å²) in [5, 5.41) is 40.6. The number of hydrogen-bond acceptors (Lipinski definition) is 7. The molecule has 2 aliphatic rings. The van der Waals surface area contributed by atoms with Gasteiger partial charge in [0.05, 0.1) is 42.9 Å². The van der Waals surface area contributed by atoms with Crippen LogP contribution >= 0.6 is 0 Å². The molecule has 4 N–H and O–H groups in total. The molecule has 8 nitrogen and oxygen atoms in total. The Morgan fingerprint density at radius 2 is 1.95 bits per heavy atom. The Morgan fingerprint density at radius 1 is 1.26 bits per heavy atom. The molecule has 0 saturated carbocycles. The van der Waals surface area contributed by atoms with E-state index in [1.54, 1.807) is 25.2 Å². The number of aliphatic carboxylic acids is 1. The summed E-state index contributed by atoms with van der Waals surface area (Å²) in [6.07, 6.45) is 8.94.